The van der Waals surface area contributed by atoms with E-state index in [-0.39, 0.29) is 0 Å². The lowest BCUT2D eigenvalue weighted by Crippen LogP contribution is -2.54. The molecule has 1 aliphatic carbocycles. The maximum absolute atomic E-state index is 13.4. The van der Waals surface area contributed by atoms with E-state index in [9.17, 15) is 14.4 Å². The first-order chi connectivity index (χ1) is 14.1. The molecule has 2 aromatic rings. The summed E-state index contributed by atoms with van der Waals surface area (Å²) in [4.78, 5) is 38.4. The molecule has 0 aliphatic heterocycles. The van der Waals surface area contributed by atoms with Gasteiger partial charge in [0.1, 0.15) is 17.3 Å². The molecule has 1 aromatic carbocycles. The average molecular weight is 417 g/mol. The number of hydrogen-bond acceptors (Lipinski definition) is 4. The number of aromatic nitrogens is 2. The highest BCUT2D eigenvalue weighted by Crippen LogP contribution is 2.29. The molecule has 8 nitrogen and oxygen atoms in total. The number of hydrogen-bond donors (Lipinski definition) is 2. The highest BCUT2D eigenvalue weighted by atomic mass is 16.5. The van der Waals surface area contributed by atoms with Crippen LogP contribution in [-0.2, 0) is 11.3 Å². The summed E-state index contributed by atoms with van der Waals surface area (Å²) < 4.78 is 8.22. The van der Waals surface area contributed by atoms with Crippen molar-refractivity contribution < 1.29 is 14.3 Å². The largest absolute Gasteiger partial charge is 0.494 e. The number of rotatable bonds is 5. The van der Waals surface area contributed by atoms with Crippen LogP contribution in [0, 0.1) is 11.3 Å². The van der Waals surface area contributed by atoms with E-state index in [0.717, 1.165) is 30.3 Å². The van der Waals surface area contributed by atoms with Crippen LogP contribution in [0.3, 0.4) is 0 Å². The Bertz CT molecular complexity index is 993. The van der Waals surface area contributed by atoms with Crippen molar-refractivity contribution in [3.63, 3.8) is 0 Å². The van der Waals surface area contributed by atoms with Crippen molar-refractivity contribution in [2.24, 2.45) is 17.1 Å². The SMILES string of the molecule is COc1cccc2c1n(CC1CCCCC1)c(=O)n2C(=O)N[C@H](C(N)=O)C(C)(C)C. The second kappa shape index (κ2) is 8.53. The number of amides is 2. The minimum atomic E-state index is -0.917. The zero-order valence-electron chi connectivity index (χ0n) is 18.2. The number of fused-ring (bicyclic) bond motifs is 1. The number of ether oxygens (including phenoxy) is 1. The molecule has 0 unspecified atom stereocenters. The predicted molar refractivity (Wildman–Crippen MR) is 116 cm³/mol. The number of benzene rings is 1. The number of primary amides is 1. The van der Waals surface area contributed by atoms with E-state index in [1.165, 1.54) is 6.42 Å². The number of imidazole rings is 1. The number of carbonyl (C=O) groups is 2. The molecule has 30 heavy (non-hydrogen) atoms. The first-order valence-corrected chi connectivity index (χ1v) is 10.5. The molecule has 164 valence electrons. The highest BCUT2D eigenvalue weighted by Gasteiger charge is 2.33. The molecule has 2 amide bonds. The number of nitrogens with zero attached hydrogens (tertiary/aromatic N) is 2. The number of para-hydroxylation sites is 1. The van der Waals surface area contributed by atoms with Crippen molar-refractivity contribution in [2.75, 3.05) is 7.11 Å². The fraction of sp³-hybridized carbons (Fsp3) is 0.591. The second-order valence-corrected chi connectivity index (χ2v) is 9.21. The highest BCUT2D eigenvalue weighted by molar-refractivity contribution is 5.94. The van der Waals surface area contributed by atoms with Gasteiger partial charge in [0.15, 0.2) is 0 Å². The molecule has 0 bridgehead atoms. The van der Waals surface area contributed by atoms with Gasteiger partial charge in [0, 0.05) is 6.54 Å². The zero-order valence-corrected chi connectivity index (χ0v) is 18.2. The Morgan fingerprint density at radius 1 is 1.23 bits per heavy atom. The first kappa shape index (κ1) is 21.9. The summed E-state index contributed by atoms with van der Waals surface area (Å²) in [5.74, 6) is 0.276. The fourth-order valence-corrected chi connectivity index (χ4v) is 4.34. The third-order valence-electron chi connectivity index (χ3n) is 5.92. The van der Waals surface area contributed by atoms with E-state index in [2.05, 4.69) is 5.32 Å². The molecule has 0 radical (unpaired) electrons. The molecule has 1 saturated carbocycles. The van der Waals surface area contributed by atoms with Crippen molar-refractivity contribution in [3.05, 3.63) is 28.7 Å². The van der Waals surface area contributed by atoms with Gasteiger partial charge < -0.3 is 15.8 Å². The van der Waals surface area contributed by atoms with E-state index in [4.69, 9.17) is 10.5 Å². The van der Waals surface area contributed by atoms with Crippen LogP contribution in [0.25, 0.3) is 11.0 Å². The number of nitrogens with one attached hydrogen (secondary N) is 1. The maximum Gasteiger partial charge on any atom is 0.337 e. The molecular weight excluding hydrogens is 384 g/mol. The van der Waals surface area contributed by atoms with E-state index in [0.29, 0.717) is 29.2 Å². The van der Waals surface area contributed by atoms with Gasteiger partial charge in [-0.05, 0) is 36.3 Å². The van der Waals surface area contributed by atoms with Gasteiger partial charge in [-0.15, -0.1) is 0 Å². The summed E-state index contributed by atoms with van der Waals surface area (Å²) in [5, 5.41) is 2.66. The first-order valence-electron chi connectivity index (χ1n) is 10.5. The van der Waals surface area contributed by atoms with Crippen molar-refractivity contribution in [2.45, 2.75) is 65.5 Å². The van der Waals surface area contributed by atoms with Crippen LogP contribution >= 0.6 is 0 Å². The smallest absolute Gasteiger partial charge is 0.337 e. The lowest BCUT2D eigenvalue weighted by molar-refractivity contribution is -0.122. The molecule has 1 heterocycles. The van der Waals surface area contributed by atoms with Crippen molar-refractivity contribution in [1.82, 2.24) is 14.5 Å². The third kappa shape index (κ3) is 4.22. The lowest BCUT2D eigenvalue weighted by Gasteiger charge is -2.28. The molecule has 1 fully saturated rings. The summed E-state index contributed by atoms with van der Waals surface area (Å²) in [7, 11) is 1.55. The van der Waals surface area contributed by atoms with Crippen LogP contribution in [-0.4, -0.2) is 34.2 Å². The number of methoxy groups -OCH3 is 1. The van der Waals surface area contributed by atoms with Crippen LogP contribution in [0.4, 0.5) is 4.79 Å². The molecule has 1 aliphatic rings. The van der Waals surface area contributed by atoms with E-state index >= 15 is 0 Å². The summed E-state index contributed by atoms with van der Waals surface area (Å²) in [6.45, 7) is 5.96. The van der Waals surface area contributed by atoms with Gasteiger partial charge in [-0.25, -0.2) is 14.2 Å². The standard InChI is InChI=1S/C22H32N4O4/c1-22(2,3)18(19(23)27)24-20(28)26-15-11-8-12-16(30-4)17(15)25(21(26)29)13-14-9-6-5-7-10-14/h8,11-12,14,18H,5-7,9-10,13H2,1-4H3,(H2,23,27)(H,24,28)/t18-/m1/s1. The minimum absolute atomic E-state index is 0.386. The summed E-state index contributed by atoms with van der Waals surface area (Å²) in [5.41, 5.74) is 5.52. The summed E-state index contributed by atoms with van der Waals surface area (Å²) in [6, 6.07) is 3.65. The normalized spacial score (nSPS) is 16.4. The molecule has 8 heteroatoms. The Balaban J connectivity index is 2.08. The van der Waals surface area contributed by atoms with Crippen LogP contribution < -0.4 is 21.5 Å². The van der Waals surface area contributed by atoms with E-state index in [1.807, 2.05) is 0 Å². The quantitative estimate of drug-likeness (QED) is 0.781. The van der Waals surface area contributed by atoms with Gasteiger partial charge in [0.25, 0.3) is 0 Å². The Hall–Kier alpha value is -2.77. The number of nitrogens with two attached hydrogens (primary N) is 1. The molecule has 1 aromatic heterocycles. The monoisotopic (exact) mass is 416 g/mol. The molecule has 3 N–H and O–H groups in total. The Morgan fingerprint density at radius 2 is 1.90 bits per heavy atom. The fourth-order valence-electron chi connectivity index (χ4n) is 4.34. The van der Waals surface area contributed by atoms with Gasteiger partial charge in [-0.3, -0.25) is 9.36 Å². The molecule has 1 atom stereocenters. The van der Waals surface area contributed by atoms with E-state index < -0.39 is 29.1 Å². The van der Waals surface area contributed by atoms with Gasteiger partial charge in [0.05, 0.1) is 12.6 Å². The van der Waals surface area contributed by atoms with Gasteiger partial charge in [-0.1, -0.05) is 46.1 Å². The molecule has 3 rings (SSSR count). The van der Waals surface area contributed by atoms with Crippen LogP contribution in [0.15, 0.2) is 23.0 Å². The van der Waals surface area contributed by atoms with Gasteiger partial charge in [-0.2, -0.15) is 0 Å². The minimum Gasteiger partial charge on any atom is -0.494 e. The summed E-state index contributed by atoms with van der Waals surface area (Å²) >= 11 is 0. The van der Waals surface area contributed by atoms with Crippen LogP contribution in [0.2, 0.25) is 0 Å². The Morgan fingerprint density at radius 3 is 2.47 bits per heavy atom. The average Bonchev–Trinajstić information content (AvgIpc) is 2.97. The Labute approximate surface area is 176 Å². The van der Waals surface area contributed by atoms with E-state index in [1.54, 1.807) is 50.6 Å². The third-order valence-corrected chi connectivity index (χ3v) is 5.92. The Kier molecular flexibility index (Phi) is 6.24. The maximum atomic E-state index is 13.4. The van der Waals surface area contributed by atoms with Crippen molar-refractivity contribution in [3.8, 4) is 5.75 Å². The molecular formula is C22H32N4O4. The van der Waals surface area contributed by atoms with Crippen molar-refractivity contribution in [1.29, 1.82) is 0 Å². The molecule has 0 spiro atoms. The number of carbonyl (C=O) groups excluding carboxylic acids is 2. The van der Waals surface area contributed by atoms with Crippen molar-refractivity contribution >= 4 is 23.0 Å². The van der Waals surface area contributed by atoms with Crippen LogP contribution in [0.5, 0.6) is 5.75 Å². The summed E-state index contributed by atoms with van der Waals surface area (Å²) in [6.07, 6.45) is 5.66. The van der Waals surface area contributed by atoms with Gasteiger partial charge in [0.2, 0.25) is 5.91 Å². The zero-order chi connectivity index (χ0) is 22.1. The van der Waals surface area contributed by atoms with Gasteiger partial charge >= 0.3 is 11.7 Å². The molecule has 0 saturated heterocycles. The topological polar surface area (TPSA) is 108 Å². The predicted octanol–water partition coefficient (Wildman–Crippen LogP) is 2.85. The lowest BCUT2D eigenvalue weighted by atomic mass is 9.86. The van der Waals surface area contributed by atoms with Crippen LogP contribution in [0.1, 0.15) is 52.9 Å². The second-order valence-electron chi connectivity index (χ2n) is 9.21.